The first-order valence-corrected chi connectivity index (χ1v) is 11.2. The zero-order chi connectivity index (χ0) is 21.1. The summed E-state index contributed by atoms with van der Waals surface area (Å²) in [6, 6.07) is 16.0. The van der Waals surface area contributed by atoms with Gasteiger partial charge >= 0.3 is 0 Å². The smallest absolute Gasteiger partial charge is 0.237 e. The van der Waals surface area contributed by atoms with Crippen LogP contribution >= 0.6 is 11.8 Å². The van der Waals surface area contributed by atoms with E-state index in [1.807, 2.05) is 56.3 Å². The van der Waals surface area contributed by atoms with Gasteiger partial charge in [-0.1, -0.05) is 42.1 Å². The third kappa shape index (κ3) is 4.63. The fraction of sp³-hybridized carbons (Fsp3) is 0.391. The van der Waals surface area contributed by atoms with Crippen molar-refractivity contribution in [2.45, 2.75) is 49.3 Å². The predicted octanol–water partition coefficient (Wildman–Crippen LogP) is 3.83. The van der Waals surface area contributed by atoms with Crippen LogP contribution in [0.3, 0.4) is 0 Å². The van der Waals surface area contributed by atoms with Crippen molar-refractivity contribution in [3.05, 3.63) is 54.1 Å². The van der Waals surface area contributed by atoms with Crippen molar-refractivity contribution in [2.75, 3.05) is 13.7 Å². The number of thioether (sulfide) groups is 1. The Kier molecular flexibility index (Phi) is 6.29. The minimum atomic E-state index is -0.167. The summed E-state index contributed by atoms with van der Waals surface area (Å²) >= 11 is 1.72. The first-order chi connectivity index (χ1) is 14.5. The van der Waals surface area contributed by atoms with Crippen LogP contribution in [0.1, 0.15) is 25.8 Å². The molecule has 4 rings (SSSR count). The lowest BCUT2D eigenvalue weighted by molar-refractivity contribution is -0.126. The van der Waals surface area contributed by atoms with Gasteiger partial charge in [-0.2, -0.15) is 0 Å². The van der Waals surface area contributed by atoms with Gasteiger partial charge in [0.25, 0.3) is 0 Å². The van der Waals surface area contributed by atoms with Crippen molar-refractivity contribution in [1.29, 1.82) is 0 Å². The molecule has 0 saturated carbocycles. The van der Waals surface area contributed by atoms with Crippen LogP contribution in [0.25, 0.3) is 11.0 Å². The van der Waals surface area contributed by atoms with E-state index < -0.39 is 0 Å². The number of benzene rings is 2. The molecule has 2 atom stereocenters. The number of likely N-dealkylation sites (tertiary alicyclic amines) is 1. The molecule has 7 heteroatoms. The number of methoxy groups -OCH3 is 1. The number of hydrogen-bond acceptors (Lipinski definition) is 5. The van der Waals surface area contributed by atoms with Crippen LogP contribution in [0, 0.1) is 0 Å². The molecule has 3 aromatic rings. The fourth-order valence-electron chi connectivity index (χ4n) is 3.97. The number of aromatic amines is 1. The number of carbonyl (C=O) groups is 1. The summed E-state index contributed by atoms with van der Waals surface area (Å²) in [5, 5.41) is 4.28. The van der Waals surface area contributed by atoms with E-state index in [1.165, 1.54) is 0 Å². The molecule has 0 spiro atoms. The van der Waals surface area contributed by atoms with Crippen LogP contribution in [-0.4, -0.2) is 51.8 Å². The third-order valence-corrected chi connectivity index (χ3v) is 6.40. The van der Waals surface area contributed by atoms with E-state index in [0.717, 1.165) is 40.5 Å². The lowest BCUT2D eigenvalue weighted by atomic mass is 10.1. The third-order valence-electron chi connectivity index (χ3n) is 5.31. The highest BCUT2D eigenvalue weighted by Gasteiger charge is 2.38. The molecular weight excluding hydrogens is 396 g/mol. The topological polar surface area (TPSA) is 70.2 Å². The maximum absolute atomic E-state index is 12.9. The molecule has 158 valence electrons. The SMILES string of the molecule is COc1ccccc1CN1C[C@H](Sc2nc3ccccc3[nH]2)C[C@H]1C(=O)NC(C)C. The van der Waals surface area contributed by atoms with Gasteiger partial charge in [-0.15, -0.1) is 0 Å². The largest absolute Gasteiger partial charge is 0.496 e. The van der Waals surface area contributed by atoms with E-state index in [-0.39, 0.29) is 23.2 Å². The Morgan fingerprint density at radius 1 is 1.27 bits per heavy atom. The molecule has 1 aliphatic heterocycles. The van der Waals surface area contributed by atoms with Crippen LogP contribution in [0.2, 0.25) is 0 Å². The molecule has 30 heavy (non-hydrogen) atoms. The number of ether oxygens (including phenoxy) is 1. The number of nitrogens with zero attached hydrogens (tertiary/aromatic N) is 2. The Bertz CT molecular complexity index is 986. The number of H-pyrrole nitrogens is 1. The van der Waals surface area contributed by atoms with Gasteiger partial charge in [-0.25, -0.2) is 4.98 Å². The zero-order valence-corrected chi connectivity index (χ0v) is 18.4. The number of nitrogens with one attached hydrogen (secondary N) is 2. The summed E-state index contributed by atoms with van der Waals surface area (Å²) in [4.78, 5) is 23.3. The fourth-order valence-corrected chi connectivity index (χ4v) is 5.15. The highest BCUT2D eigenvalue weighted by molar-refractivity contribution is 7.99. The van der Waals surface area contributed by atoms with Crippen molar-refractivity contribution < 1.29 is 9.53 Å². The van der Waals surface area contributed by atoms with Crippen LogP contribution in [0.5, 0.6) is 5.75 Å². The van der Waals surface area contributed by atoms with E-state index in [2.05, 4.69) is 21.3 Å². The van der Waals surface area contributed by atoms with E-state index >= 15 is 0 Å². The Labute approximate surface area is 181 Å². The second-order valence-electron chi connectivity index (χ2n) is 7.96. The Morgan fingerprint density at radius 3 is 2.80 bits per heavy atom. The summed E-state index contributed by atoms with van der Waals surface area (Å²) in [6.45, 7) is 5.49. The highest BCUT2D eigenvalue weighted by Crippen LogP contribution is 2.34. The molecule has 1 saturated heterocycles. The lowest BCUT2D eigenvalue weighted by Crippen LogP contribution is -2.45. The van der Waals surface area contributed by atoms with Gasteiger partial charge < -0.3 is 15.0 Å². The van der Waals surface area contributed by atoms with Crippen LogP contribution in [0.15, 0.2) is 53.7 Å². The van der Waals surface area contributed by atoms with Crippen molar-refractivity contribution in [2.24, 2.45) is 0 Å². The Morgan fingerprint density at radius 2 is 2.03 bits per heavy atom. The quantitative estimate of drug-likeness (QED) is 0.603. The molecule has 2 aromatic carbocycles. The predicted molar refractivity (Wildman–Crippen MR) is 121 cm³/mol. The highest BCUT2D eigenvalue weighted by atomic mass is 32.2. The molecular formula is C23H28N4O2S. The van der Waals surface area contributed by atoms with Gasteiger partial charge in [0, 0.05) is 29.9 Å². The molecule has 1 aliphatic rings. The number of rotatable bonds is 7. The van der Waals surface area contributed by atoms with Crippen LogP contribution in [-0.2, 0) is 11.3 Å². The van der Waals surface area contributed by atoms with Crippen LogP contribution < -0.4 is 10.1 Å². The molecule has 1 amide bonds. The van der Waals surface area contributed by atoms with E-state index in [4.69, 9.17) is 9.72 Å². The number of amides is 1. The number of fused-ring (bicyclic) bond motifs is 1. The van der Waals surface area contributed by atoms with E-state index in [1.54, 1.807) is 18.9 Å². The minimum absolute atomic E-state index is 0.0904. The molecule has 1 fully saturated rings. The normalized spacial score (nSPS) is 19.5. The number of carbonyl (C=O) groups excluding carboxylic acids is 1. The van der Waals surface area contributed by atoms with Gasteiger partial charge in [0.15, 0.2) is 5.16 Å². The molecule has 2 N–H and O–H groups in total. The maximum Gasteiger partial charge on any atom is 0.237 e. The Hall–Kier alpha value is -2.51. The van der Waals surface area contributed by atoms with Crippen LogP contribution in [0.4, 0.5) is 0 Å². The van der Waals surface area contributed by atoms with Crippen molar-refractivity contribution >= 4 is 28.7 Å². The summed E-state index contributed by atoms with van der Waals surface area (Å²) < 4.78 is 5.52. The summed E-state index contributed by atoms with van der Waals surface area (Å²) in [5.74, 6) is 0.946. The number of imidazole rings is 1. The molecule has 0 bridgehead atoms. The first-order valence-electron chi connectivity index (χ1n) is 10.3. The van der Waals surface area contributed by atoms with Gasteiger partial charge in [-0.05, 0) is 38.5 Å². The standard InChI is InChI=1S/C23H28N4O2S/c1-15(2)24-22(28)20-12-17(30-23-25-18-9-5-6-10-19(18)26-23)14-27(20)13-16-8-4-7-11-21(16)29-3/h4-11,15,17,20H,12-14H2,1-3H3,(H,24,28)(H,25,26)/t17-,20+/m1/s1. The second kappa shape index (κ2) is 9.10. The molecule has 0 unspecified atom stereocenters. The number of hydrogen-bond donors (Lipinski definition) is 2. The van der Waals surface area contributed by atoms with Crippen molar-refractivity contribution in [3.63, 3.8) is 0 Å². The molecule has 0 radical (unpaired) electrons. The molecule has 1 aromatic heterocycles. The monoisotopic (exact) mass is 424 g/mol. The van der Waals surface area contributed by atoms with E-state index in [0.29, 0.717) is 6.54 Å². The van der Waals surface area contributed by atoms with Crippen molar-refractivity contribution in [1.82, 2.24) is 20.2 Å². The summed E-state index contributed by atoms with van der Waals surface area (Å²) in [5.41, 5.74) is 3.10. The Balaban J connectivity index is 1.52. The van der Waals surface area contributed by atoms with Gasteiger partial charge in [0.05, 0.1) is 24.2 Å². The number of aromatic nitrogens is 2. The van der Waals surface area contributed by atoms with Gasteiger partial charge in [0.1, 0.15) is 5.75 Å². The zero-order valence-electron chi connectivity index (χ0n) is 17.6. The minimum Gasteiger partial charge on any atom is -0.496 e. The summed E-state index contributed by atoms with van der Waals surface area (Å²) in [7, 11) is 1.69. The average Bonchev–Trinajstić information content (AvgIpc) is 3.31. The average molecular weight is 425 g/mol. The number of para-hydroxylation sites is 3. The van der Waals surface area contributed by atoms with Gasteiger partial charge in [0.2, 0.25) is 5.91 Å². The molecule has 6 nitrogen and oxygen atoms in total. The molecule has 2 heterocycles. The lowest BCUT2D eigenvalue weighted by Gasteiger charge is -2.25. The van der Waals surface area contributed by atoms with Gasteiger partial charge in [-0.3, -0.25) is 9.69 Å². The maximum atomic E-state index is 12.9. The first kappa shape index (κ1) is 20.8. The van der Waals surface area contributed by atoms with E-state index in [9.17, 15) is 4.79 Å². The van der Waals surface area contributed by atoms with Crippen molar-refractivity contribution in [3.8, 4) is 5.75 Å². The summed E-state index contributed by atoms with van der Waals surface area (Å²) in [6.07, 6.45) is 0.787. The molecule has 0 aliphatic carbocycles. The second-order valence-corrected chi connectivity index (χ2v) is 9.24.